The van der Waals surface area contributed by atoms with Gasteiger partial charge < -0.3 is 9.50 Å². The highest BCUT2D eigenvalue weighted by Gasteiger charge is 2.50. The van der Waals surface area contributed by atoms with Crippen LogP contribution >= 0.6 is 28.1 Å². The van der Waals surface area contributed by atoms with E-state index in [0.29, 0.717) is 22.7 Å². The molecule has 0 spiro atoms. The highest BCUT2D eigenvalue weighted by atomic mass is 79.9. The average molecular weight is 483 g/mol. The summed E-state index contributed by atoms with van der Waals surface area (Å²) < 4.78 is 29.7. The van der Waals surface area contributed by atoms with Crippen molar-refractivity contribution >= 4 is 49.3 Å². The number of hydrogen-bond donors (Lipinski definition) is 1. The molecule has 3 rings (SSSR count). The van der Waals surface area contributed by atoms with Crippen LogP contribution in [-0.2, 0) is 20.5 Å². The van der Waals surface area contributed by atoms with Gasteiger partial charge in [0.25, 0.3) is 5.91 Å². The molecule has 0 bridgehead atoms. The lowest BCUT2D eigenvalue weighted by Crippen LogP contribution is -2.44. The fraction of sp³-hybridized carbons (Fsp3) is 0.263. The summed E-state index contributed by atoms with van der Waals surface area (Å²) in [5, 5.41) is 3.46. The van der Waals surface area contributed by atoms with Crippen molar-refractivity contribution in [1.82, 2.24) is 10.2 Å². The van der Waals surface area contributed by atoms with Crippen molar-refractivity contribution in [2.24, 2.45) is 0 Å². The molecule has 0 aromatic heterocycles. The van der Waals surface area contributed by atoms with Crippen LogP contribution in [0.5, 0.6) is 5.75 Å². The Balaban J connectivity index is 2.06. The Bertz CT molecular complexity index is 1020. The number of carbonyl (C=O) groups is 1. The van der Waals surface area contributed by atoms with Crippen molar-refractivity contribution in [3.8, 4) is 5.75 Å². The maximum Gasteiger partial charge on any atom is 0.309 e. The Labute approximate surface area is 178 Å². The second-order valence-electron chi connectivity index (χ2n) is 6.42. The topological polar surface area (TPSA) is 75.7 Å². The van der Waals surface area contributed by atoms with Gasteiger partial charge in [0.15, 0.2) is 10.7 Å². The standard InChI is InChI=1S/C19H19BrN2O4S2/c1-3-11-28(24,25)26-16-9-7-13(8-10-16)19(14-5-4-6-15(20)12-14)17(23)22(2)18(27)21-19/h4-10,12H,3,11H2,1-2H3,(H,21,27). The van der Waals surface area contributed by atoms with Crippen LogP contribution in [0, 0.1) is 0 Å². The highest BCUT2D eigenvalue weighted by Crippen LogP contribution is 2.37. The lowest BCUT2D eigenvalue weighted by Gasteiger charge is -2.28. The molecule has 6 nitrogen and oxygen atoms in total. The third-order valence-electron chi connectivity index (χ3n) is 4.45. The third-order valence-corrected chi connectivity index (χ3v) is 6.67. The van der Waals surface area contributed by atoms with E-state index in [1.165, 1.54) is 4.90 Å². The van der Waals surface area contributed by atoms with Crippen LogP contribution in [0.3, 0.4) is 0 Å². The van der Waals surface area contributed by atoms with Crippen molar-refractivity contribution in [1.29, 1.82) is 0 Å². The Morgan fingerprint density at radius 3 is 2.39 bits per heavy atom. The summed E-state index contributed by atoms with van der Waals surface area (Å²) in [6, 6.07) is 13.8. The van der Waals surface area contributed by atoms with Crippen LogP contribution in [0.25, 0.3) is 0 Å². The molecule has 148 valence electrons. The fourth-order valence-electron chi connectivity index (χ4n) is 3.12. The van der Waals surface area contributed by atoms with E-state index in [0.717, 1.165) is 4.47 Å². The first-order valence-electron chi connectivity index (χ1n) is 8.58. The van der Waals surface area contributed by atoms with E-state index in [4.69, 9.17) is 16.4 Å². The molecule has 1 amide bonds. The normalized spacial score (nSPS) is 19.6. The summed E-state index contributed by atoms with van der Waals surface area (Å²) in [6.07, 6.45) is 0.467. The molecule has 2 aromatic rings. The zero-order chi connectivity index (χ0) is 20.5. The predicted molar refractivity (Wildman–Crippen MR) is 115 cm³/mol. The molecule has 2 aromatic carbocycles. The zero-order valence-corrected chi connectivity index (χ0v) is 18.5. The smallest absolute Gasteiger partial charge is 0.309 e. The van der Waals surface area contributed by atoms with E-state index < -0.39 is 15.7 Å². The summed E-state index contributed by atoms with van der Waals surface area (Å²) >= 11 is 8.75. The number of rotatable bonds is 6. The molecular weight excluding hydrogens is 464 g/mol. The van der Waals surface area contributed by atoms with Gasteiger partial charge in [0.2, 0.25) is 0 Å². The lowest BCUT2D eigenvalue weighted by molar-refractivity contribution is -0.129. The van der Waals surface area contributed by atoms with E-state index in [1.807, 2.05) is 24.3 Å². The quantitative estimate of drug-likeness (QED) is 0.503. The first-order chi connectivity index (χ1) is 13.2. The van der Waals surface area contributed by atoms with Gasteiger partial charge in [-0.15, -0.1) is 0 Å². The molecule has 1 atom stereocenters. The summed E-state index contributed by atoms with van der Waals surface area (Å²) in [7, 11) is -2.02. The highest BCUT2D eigenvalue weighted by molar-refractivity contribution is 9.10. The average Bonchev–Trinajstić information content (AvgIpc) is 2.87. The van der Waals surface area contributed by atoms with Crippen LogP contribution in [0.2, 0.25) is 0 Å². The number of carbonyl (C=O) groups excluding carboxylic acids is 1. The van der Waals surface area contributed by atoms with E-state index in [2.05, 4.69) is 21.2 Å². The Hall–Kier alpha value is -1.97. The maximum atomic E-state index is 13.2. The number of nitrogens with zero attached hydrogens (tertiary/aromatic N) is 1. The van der Waals surface area contributed by atoms with E-state index in [9.17, 15) is 13.2 Å². The number of hydrogen-bond acceptors (Lipinski definition) is 5. The van der Waals surface area contributed by atoms with Gasteiger partial charge in [-0.1, -0.05) is 47.1 Å². The molecule has 0 aliphatic carbocycles. The van der Waals surface area contributed by atoms with Gasteiger partial charge in [0.05, 0.1) is 5.75 Å². The van der Waals surface area contributed by atoms with Gasteiger partial charge in [-0.05, 0) is 54.0 Å². The van der Waals surface area contributed by atoms with Crippen molar-refractivity contribution in [3.63, 3.8) is 0 Å². The molecule has 1 aliphatic rings. The van der Waals surface area contributed by atoms with Crippen LogP contribution in [0.1, 0.15) is 24.5 Å². The van der Waals surface area contributed by atoms with Crippen molar-refractivity contribution < 1.29 is 17.4 Å². The van der Waals surface area contributed by atoms with Crippen molar-refractivity contribution in [2.45, 2.75) is 18.9 Å². The van der Waals surface area contributed by atoms with Crippen molar-refractivity contribution in [2.75, 3.05) is 12.8 Å². The Morgan fingerprint density at radius 2 is 1.86 bits per heavy atom. The van der Waals surface area contributed by atoms with Crippen LogP contribution < -0.4 is 9.50 Å². The summed E-state index contributed by atoms with van der Waals surface area (Å²) in [5.41, 5.74) is 0.143. The van der Waals surface area contributed by atoms with Gasteiger partial charge in [-0.2, -0.15) is 8.42 Å². The molecular formula is C19H19BrN2O4S2. The second kappa shape index (κ2) is 7.81. The SMILES string of the molecule is CCCS(=O)(=O)Oc1ccc(C2(c3cccc(Br)c3)NC(=S)N(C)C2=O)cc1. The Kier molecular flexibility index (Phi) is 5.79. The van der Waals surface area contributed by atoms with Gasteiger partial charge >= 0.3 is 10.1 Å². The number of nitrogens with one attached hydrogen (secondary N) is 1. The van der Waals surface area contributed by atoms with E-state index in [-0.39, 0.29) is 17.4 Å². The van der Waals surface area contributed by atoms with Crippen LogP contribution in [0.4, 0.5) is 0 Å². The van der Waals surface area contributed by atoms with Crippen LogP contribution in [0.15, 0.2) is 53.0 Å². The molecule has 1 aliphatic heterocycles. The van der Waals surface area contributed by atoms with Crippen LogP contribution in [-0.4, -0.2) is 37.1 Å². The third kappa shape index (κ3) is 3.78. The molecule has 1 unspecified atom stereocenters. The molecule has 1 heterocycles. The minimum Gasteiger partial charge on any atom is -0.382 e. The first kappa shape index (κ1) is 20.8. The number of benzene rings is 2. The van der Waals surface area contributed by atoms with Gasteiger partial charge in [0.1, 0.15) is 5.75 Å². The molecule has 28 heavy (non-hydrogen) atoms. The maximum absolute atomic E-state index is 13.2. The largest absolute Gasteiger partial charge is 0.382 e. The van der Waals surface area contributed by atoms with Gasteiger partial charge in [0, 0.05) is 11.5 Å². The molecule has 9 heteroatoms. The monoisotopic (exact) mass is 482 g/mol. The van der Waals surface area contributed by atoms with E-state index in [1.54, 1.807) is 38.2 Å². The number of likely N-dealkylation sites (N-methyl/N-ethyl adjacent to an activating group) is 1. The lowest BCUT2D eigenvalue weighted by atomic mass is 9.82. The van der Waals surface area contributed by atoms with Gasteiger partial charge in [-0.25, -0.2) is 0 Å². The second-order valence-corrected chi connectivity index (χ2v) is 9.42. The number of amides is 1. The summed E-state index contributed by atoms with van der Waals surface area (Å²) in [5.74, 6) is -0.0821. The molecule has 0 saturated carbocycles. The van der Waals surface area contributed by atoms with E-state index >= 15 is 0 Å². The Morgan fingerprint density at radius 1 is 1.18 bits per heavy atom. The minimum absolute atomic E-state index is 0.0597. The number of halogens is 1. The predicted octanol–water partition coefficient (Wildman–Crippen LogP) is 3.16. The molecule has 1 fully saturated rings. The molecule has 1 saturated heterocycles. The summed E-state index contributed by atoms with van der Waals surface area (Å²) in [6.45, 7) is 1.77. The van der Waals surface area contributed by atoms with Crippen molar-refractivity contribution in [3.05, 3.63) is 64.1 Å². The fourth-order valence-corrected chi connectivity index (χ4v) is 4.74. The minimum atomic E-state index is -3.64. The van der Waals surface area contributed by atoms with Gasteiger partial charge in [-0.3, -0.25) is 9.69 Å². The number of thiocarbonyl (C=S) groups is 1. The zero-order valence-electron chi connectivity index (χ0n) is 15.3. The summed E-state index contributed by atoms with van der Waals surface area (Å²) in [4.78, 5) is 14.6. The molecule has 1 N–H and O–H groups in total. The molecule has 0 radical (unpaired) electrons. The first-order valence-corrected chi connectivity index (χ1v) is 11.4.